The molecule has 0 atom stereocenters. The molecule has 14 heteroatoms. The summed E-state index contributed by atoms with van der Waals surface area (Å²) in [6.45, 7) is 10.7. The lowest BCUT2D eigenvalue weighted by Gasteiger charge is -2.08. The van der Waals surface area contributed by atoms with E-state index in [4.69, 9.17) is 8.83 Å². The van der Waals surface area contributed by atoms with E-state index < -0.39 is 5.91 Å². The first-order chi connectivity index (χ1) is 32.9. The molecule has 2 aromatic heterocycles. The van der Waals surface area contributed by atoms with Crippen LogP contribution in [-0.2, 0) is 37.1 Å². The van der Waals surface area contributed by atoms with Gasteiger partial charge in [0.15, 0.2) is 5.76 Å². The van der Waals surface area contributed by atoms with Crippen LogP contribution in [0.5, 0.6) is 0 Å². The molecule has 0 bridgehead atoms. The molecule has 14 nitrogen and oxygen atoms in total. The van der Waals surface area contributed by atoms with E-state index in [1.807, 2.05) is 109 Å². The zero-order valence-electron chi connectivity index (χ0n) is 42.2. The van der Waals surface area contributed by atoms with Crippen molar-refractivity contribution in [1.82, 2.24) is 31.9 Å². The summed E-state index contributed by atoms with van der Waals surface area (Å²) in [4.78, 5) is 64.8. The molecule has 3 fully saturated rings. The second-order valence-electron chi connectivity index (χ2n) is 16.6. The van der Waals surface area contributed by atoms with Gasteiger partial charge >= 0.3 is 0 Å². The van der Waals surface area contributed by atoms with Crippen LogP contribution in [0.4, 0.5) is 0 Å². The summed E-state index contributed by atoms with van der Waals surface area (Å²) in [7, 11) is 5.26. The molecule has 376 valence electrons. The highest BCUT2D eigenvalue weighted by Crippen LogP contribution is 2.29. The minimum absolute atomic E-state index is 0.0103. The summed E-state index contributed by atoms with van der Waals surface area (Å²) < 4.78 is 11.1. The Morgan fingerprint density at radius 2 is 1.06 bits per heavy atom. The number of benzene rings is 2. The second-order valence-corrected chi connectivity index (χ2v) is 16.6. The molecule has 0 radical (unpaired) electrons. The van der Waals surface area contributed by atoms with Gasteiger partial charge in [0.25, 0.3) is 5.91 Å². The summed E-state index contributed by atoms with van der Waals surface area (Å²) in [5.41, 5.74) is 3.97. The Morgan fingerprint density at radius 1 is 0.618 bits per heavy atom. The average molecular weight is 943 g/mol. The van der Waals surface area contributed by atoms with Gasteiger partial charge in [0.2, 0.25) is 24.1 Å². The fourth-order valence-corrected chi connectivity index (χ4v) is 6.42. The molecule has 3 saturated carbocycles. The number of hydrogen-bond donors (Lipinski definition) is 6. The number of furan rings is 2. The molecular formula is C54H82N6O8. The average Bonchev–Trinajstić information content (AvgIpc) is 3.96. The van der Waals surface area contributed by atoms with Crippen LogP contribution >= 0.6 is 0 Å². The van der Waals surface area contributed by atoms with Crippen molar-refractivity contribution in [2.75, 3.05) is 34.2 Å². The SMILES string of the molecule is C1CCCCC1.C1CCCCC1.CC.CC(C)C(=O)NCc1ccc(-c2ccc(C(=O)NCC=O)o2)cc1.CNC.CNC(=O)CNC=O.Cc1ccc(-c2ccc(CNC(=O)C3CC3)cc2)o1. The Balaban J connectivity index is 0.000000460. The van der Waals surface area contributed by atoms with Crippen molar-refractivity contribution in [3.63, 3.8) is 0 Å². The molecule has 2 heterocycles. The summed E-state index contributed by atoms with van der Waals surface area (Å²) in [6, 6.07) is 22.8. The standard InChI is InChI=1S/C18H20N2O4.C16H17NO2.2C6H12.C4H8N2O2.C2H7N.C2H6/c1-12(2)17(22)20-11-13-3-5-14(6-4-13)15-7-8-16(24-15)18(23)19-9-10-21;1-11-2-9-15(19-11)13-5-3-12(4-6-13)10-17-16(18)14-7-8-14;2*1-2-4-6-5-3-1;1-5-4(8)2-6-3-7;1-3-2;1-2/h3-8,10,12H,9,11H2,1-2H3,(H,19,23)(H,20,22);2-6,9,14H,7-8,10H2,1H3,(H,17,18);2*1-6H2;3H,2H2,1H3,(H,5,8)(H,6,7);3H,1-2H3;1-2H3. The molecule has 4 aromatic rings. The molecule has 68 heavy (non-hydrogen) atoms. The number of hydrogen-bond acceptors (Lipinski definition) is 9. The largest absolute Gasteiger partial charge is 0.461 e. The van der Waals surface area contributed by atoms with Crippen molar-refractivity contribution in [2.24, 2.45) is 11.8 Å². The van der Waals surface area contributed by atoms with Crippen molar-refractivity contribution < 1.29 is 37.6 Å². The van der Waals surface area contributed by atoms with Crippen LogP contribution in [-0.4, -0.2) is 70.6 Å². The lowest BCUT2D eigenvalue weighted by atomic mass is 10.0. The maximum atomic E-state index is 11.7. The first-order valence-electron chi connectivity index (χ1n) is 24.5. The maximum Gasteiger partial charge on any atom is 0.287 e. The van der Waals surface area contributed by atoms with Crippen molar-refractivity contribution in [1.29, 1.82) is 0 Å². The summed E-state index contributed by atoms with van der Waals surface area (Å²) in [6.07, 6.45) is 21.2. The third-order valence-corrected chi connectivity index (χ3v) is 10.4. The predicted octanol–water partition coefficient (Wildman–Crippen LogP) is 9.45. The van der Waals surface area contributed by atoms with Crippen LogP contribution in [0.1, 0.15) is 145 Å². The van der Waals surface area contributed by atoms with Gasteiger partial charge in [-0.1, -0.05) is 153 Å². The highest BCUT2D eigenvalue weighted by atomic mass is 16.4. The molecule has 2 aromatic carbocycles. The highest BCUT2D eigenvalue weighted by molar-refractivity contribution is 5.93. The van der Waals surface area contributed by atoms with Crippen LogP contribution in [0, 0.1) is 18.8 Å². The Kier molecular flexibility index (Phi) is 33.5. The Morgan fingerprint density at radius 3 is 1.44 bits per heavy atom. The van der Waals surface area contributed by atoms with Gasteiger partial charge in [0.1, 0.15) is 23.6 Å². The quantitative estimate of drug-likeness (QED) is 0.0666. The van der Waals surface area contributed by atoms with Crippen LogP contribution in [0.25, 0.3) is 22.6 Å². The fourth-order valence-electron chi connectivity index (χ4n) is 6.42. The first-order valence-corrected chi connectivity index (χ1v) is 24.5. The number of amides is 5. The zero-order valence-corrected chi connectivity index (χ0v) is 42.2. The number of aldehydes is 1. The molecular weight excluding hydrogens is 861 g/mol. The number of carbonyl (C=O) groups is 6. The van der Waals surface area contributed by atoms with Gasteiger partial charge < -0.3 is 45.5 Å². The van der Waals surface area contributed by atoms with Crippen LogP contribution in [0.15, 0.2) is 81.6 Å². The van der Waals surface area contributed by atoms with Gasteiger partial charge in [-0.05, 0) is 69.3 Å². The Hall–Kier alpha value is -6.02. The Labute approximate surface area is 406 Å². The first kappa shape index (κ1) is 60.0. The van der Waals surface area contributed by atoms with Crippen molar-refractivity contribution in [3.05, 3.63) is 95.4 Å². The molecule has 0 unspecified atom stereocenters. The minimum Gasteiger partial charge on any atom is -0.461 e. The number of nitrogens with one attached hydrogen (secondary N) is 6. The van der Waals surface area contributed by atoms with E-state index in [-0.39, 0.29) is 48.4 Å². The highest BCUT2D eigenvalue weighted by Gasteiger charge is 2.29. The van der Waals surface area contributed by atoms with Crippen LogP contribution < -0.4 is 31.9 Å². The monoisotopic (exact) mass is 943 g/mol. The Bertz CT molecular complexity index is 1930. The van der Waals surface area contributed by atoms with E-state index in [2.05, 4.69) is 31.9 Å². The molecule has 7 rings (SSSR count). The minimum atomic E-state index is -0.429. The lowest BCUT2D eigenvalue weighted by molar-refractivity contribution is -0.124. The number of rotatable bonds is 14. The van der Waals surface area contributed by atoms with Gasteiger partial charge in [0.05, 0.1) is 13.1 Å². The molecule has 0 saturated heterocycles. The van der Waals surface area contributed by atoms with E-state index in [9.17, 15) is 28.8 Å². The van der Waals surface area contributed by atoms with Crippen molar-refractivity contribution >= 4 is 36.3 Å². The summed E-state index contributed by atoms with van der Waals surface area (Å²) in [5, 5.41) is 15.5. The van der Waals surface area contributed by atoms with E-state index in [0.717, 1.165) is 46.6 Å². The molecule has 3 aliphatic carbocycles. The smallest absolute Gasteiger partial charge is 0.287 e. The van der Waals surface area contributed by atoms with Gasteiger partial charge in [-0.3, -0.25) is 24.0 Å². The molecule has 5 amide bonds. The van der Waals surface area contributed by atoms with E-state index in [1.165, 1.54) is 84.1 Å². The number of carbonyl (C=O) groups excluding carboxylic acids is 6. The van der Waals surface area contributed by atoms with Gasteiger partial charge in [-0.15, -0.1) is 0 Å². The van der Waals surface area contributed by atoms with Gasteiger partial charge in [0, 0.05) is 43.1 Å². The van der Waals surface area contributed by atoms with Crippen LogP contribution in [0.3, 0.4) is 0 Å². The normalized spacial score (nSPS) is 13.2. The fraction of sp³-hybridized carbons (Fsp3) is 0.519. The van der Waals surface area contributed by atoms with E-state index >= 15 is 0 Å². The zero-order chi connectivity index (χ0) is 50.4. The van der Waals surface area contributed by atoms with E-state index in [1.54, 1.807) is 12.1 Å². The number of aryl methyl sites for hydroxylation is 1. The maximum absolute atomic E-state index is 11.7. The molecule has 0 spiro atoms. The van der Waals surface area contributed by atoms with Gasteiger partial charge in [-0.25, -0.2) is 0 Å². The topological polar surface area (TPSA) is 201 Å². The third kappa shape index (κ3) is 27.6. The van der Waals surface area contributed by atoms with Crippen molar-refractivity contribution in [2.45, 2.75) is 138 Å². The second kappa shape index (κ2) is 38.0. The van der Waals surface area contributed by atoms with Crippen molar-refractivity contribution in [3.8, 4) is 22.6 Å². The summed E-state index contributed by atoms with van der Waals surface area (Å²) in [5.74, 6) is 2.30. The van der Waals surface area contributed by atoms with E-state index in [0.29, 0.717) is 31.5 Å². The predicted molar refractivity (Wildman–Crippen MR) is 273 cm³/mol. The van der Waals surface area contributed by atoms with Crippen LogP contribution in [0.2, 0.25) is 0 Å². The molecule has 3 aliphatic rings. The molecule has 0 aliphatic heterocycles. The lowest BCUT2D eigenvalue weighted by Crippen LogP contribution is -2.30. The molecule has 6 N–H and O–H groups in total. The third-order valence-electron chi connectivity index (χ3n) is 10.4. The summed E-state index contributed by atoms with van der Waals surface area (Å²) >= 11 is 0. The van der Waals surface area contributed by atoms with Gasteiger partial charge in [-0.2, -0.15) is 0 Å². The number of likely N-dealkylation sites (N-methyl/N-ethyl adjacent to an activating group) is 1.